The van der Waals surface area contributed by atoms with Gasteiger partial charge in [-0.3, -0.25) is 9.59 Å². The molecule has 0 saturated heterocycles. The van der Waals surface area contributed by atoms with Crippen molar-refractivity contribution in [1.82, 2.24) is 4.90 Å². The lowest BCUT2D eigenvalue weighted by Gasteiger charge is -2.26. The third-order valence-corrected chi connectivity index (χ3v) is 6.75. The van der Waals surface area contributed by atoms with Gasteiger partial charge in [0.05, 0.1) is 23.6 Å². The monoisotopic (exact) mass is 487 g/mol. The van der Waals surface area contributed by atoms with Gasteiger partial charge in [-0.05, 0) is 66.8 Å². The fraction of sp³-hybridized carbons (Fsp3) is 0.241. The smallest absolute Gasteiger partial charge is 0.291 e. The van der Waals surface area contributed by atoms with Gasteiger partial charge in [0, 0.05) is 11.6 Å². The molecule has 0 bridgehead atoms. The van der Waals surface area contributed by atoms with Gasteiger partial charge in [0.2, 0.25) is 5.76 Å². The zero-order valence-corrected chi connectivity index (χ0v) is 20.7. The van der Waals surface area contributed by atoms with E-state index in [9.17, 15) is 9.59 Å². The van der Waals surface area contributed by atoms with Crippen LogP contribution >= 0.6 is 11.6 Å². The maximum atomic E-state index is 13.9. The zero-order chi connectivity index (χ0) is 24.7. The SMILES string of the molecule is CCCOc1ccc(C2c3c(oc4cc(C)cc(C)c4c3=O)C(=O)N2Cc2ccccc2Cl)cc1. The molecule has 0 N–H and O–H groups in total. The standard InChI is InChI=1S/C29H26ClNO4/c1-4-13-34-21-11-9-19(10-12-21)26-25-27(32)24-18(3)14-17(2)15-23(24)35-28(25)29(33)31(26)16-20-7-5-6-8-22(20)30/h5-12,14-15,26H,4,13,16H2,1-3H3. The summed E-state index contributed by atoms with van der Waals surface area (Å²) in [4.78, 5) is 29.2. The molecule has 0 spiro atoms. The van der Waals surface area contributed by atoms with E-state index in [4.69, 9.17) is 20.8 Å². The topological polar surface area (TPSA) is 59.8 Å². The molecule has 0 saturated carbocycles. The van der Waals surface area contributed by atoms with Gasteiger partial charge in [-0.25, -0.2) is 0 Å². The van der Waals surface area contributed by atoms with Crippen LogP contribution in [-0.4, -0.2) is 17.4 Å². The quantitative estimate of drug-likeness (QED) is 0.307. The molecule has 6 heteroatoms. The molecule has 4 aromatic rings. The van der Waals surface area contributed by atoms with Crippen LogP contribution in [0.5, 0.6) is 5.75 Å². The van der Waals surface area contributed by atoms with Crippen molar-refractivity contribution in [2.24, 2.45) is 0 Å². The molecular formula is C29H26ClNO4. The molecule has 0 aliphatic carbocycles. The summed E-state index contributed by atoms with van der Waals surface area (Å²) in [6.07, 6.45) is 0.908. The van der Waals surface area contributed by atoms with Crippen molar-refractivity contribution in [1.29, 1.82) is 0 Å². The number of halogens is 1. The Morgan fingerprint density at radius 3 is 2.49 bits per heavy atom. The number of rotatable bonds is 6. The molecule has 2 heterocycles. The summed E-state index contributed by atoms with van der Waals surface area (Å²) in [7, 11) is 0. The summed E-state index contributed by atoms with van der Waals surface area (Å²) in [5.41, 5.74) is 4.03. The van der Waals surface area contributed by atoms with Crippen molar-refractivity contribution in [2.45, 2.75) is 39.8 Å². The van der Waals surface area contributed by atoms with E-state index >= 15 is 0 Å². The Bertz CT molecular complexity index is 1490. The van der Waals surface area contributed by atoms with Gasteiger partial charge in [0.15, 0.2) is 5.43 Å². The van der Waals surface area contributed by atoms with Gasteiger partial charge in [-0.1, -0.05) is 54.9 Å². The molecule has 1 aliphatic rings. The molecule has 0 radical (unpaired) electrons. The first-order valence-corrected chi connectivity index (χ1v) is 12.1. The minimum atomic E-state index is -0.602. The molecule has 0 fully saturated rings. The van der Waals surface area contributed by atoms with E-state index in [1.165, 1.54) is 0 Å². The van der Waals surface area contributed by atoms with E-state index in [2.05, 4.69) is 6.92 Å². The molecule has 35 heavy (non-hydrogen) atoms. The highest BCUT2D eigenvalue weighted by Crippen LogP contribution is 2.40. The second kappa shape index (κ2) is 9.23. The Labute approximate surface area is 208 Å². The lowest BCUT2D eigenvalue weighted by Crippen LogP contribution is -2.29. The first-order chi connectivity index (χ1) is 16.9. The van der Waals surface area contributed by atoms with E-state index in [0.717, 1.165) is 34.4 Å². The molecule has 3 aromatic carbocycles. The summed E-state index contributed by atoms with van der Waals surface area (Å²) in [6, 6.07) is 18.1. The van der Waals surface area contributed by atoms with Crippen LogP contribution in [0.1, 0.15) is 57.8 Å². The highest BCUT2D eigenvalue weighted by Gasteiger charge is 2.43. The van der Waals surface area contributed by atoms with Gasteiger partial charge < -0.3 is 14.1 Å². The Morgan fingerprint density at radius 1 is 1.03 bits per heavy atom. The van der Waals surface area contributed by atoms with Crippen LogP contribution in [-0.2, 0) is 6.54 Å². The molecule has 5 nitrogen and oxygen atoms in total. The van der Waals surface area contributed by atoms with Crippen LogP contribution in [0.2, 0.25) is 5.02 Å². The Hall–Kier alpha value is -3.57. The number of amides is 1. The molecule has 1 aromatic heterocycles. The Morgan fingerprint density at radius 2 is 1.77 bits per heavy atom. The van der Waals surface area contributed by atoms with Crippen molar-refractivity contribution in [3.63, 3.8) is 0 Å². The fourth-order valence-corrected chi connectivity index (χ4v) is 5.00. The number of carbonyl (C=O) groups is 1. The minimum Gasteiger partial charge on any atom is -0.494 e. The molecule has 1 aliphatic heterocycles. The molecule has 1 unspecified atom stereocenters. The summed E-state index contributed by atoms with van der Waals surface area (Å²) >= 11 is 6.44. The van der Waals surface area contributed by atoms with Crippen molar-refractivity contribution in [3.8, 4) is 5.75 Å². The molecule has 1 atom stereocenters. The second-order valence-corrected chi connectivity index (χ2v) is 9.38. The lowest BCUT2D eigenvalue weighted by molar-refractivity contribution is 0.0714. The van der Waals surface area contributed by atoms with E-state index in [0.29, 0.717) is 28.2 Å². The lowest BCUT2D eigenvalue weighted by atomic mass is 9.96. The van der Waals surface area contributed by atoms with Crippen LogP contribution in [0.4, 0.5) is 0 Å². The highest BCUT2D eigenvalue weighted by atomic mass is 35.5. The van der Waals surface area contributed by atoms with Gasteiger partial charge >= 0.3 is 0 Å². The summed E-state index contributed by atoms with van der Waals surface area (Å²) in [5.74, 6) is 0.514. The largest absolute Gasteiger partial charge is 0.494 e. The number of benzene rings is 3. The number of nitrogens with zero attached hydrogens (tertiary/aromatic N) is 1. The summed E-state index contributed by atoms with van der Waals surface area (Å²) in [5, 5.41) is 1.07. The third-order valence-electron chi connectivity index (χ3n) is 6.38. The van der Waals surface area contributed by atoms with Gasteiger partial charge in [-0.15, -0.1) is 0 Å². The van der Waals surface area contributed by atoms with Crippen LogP contribution in [0, 0.1) is 13.8 Å². The average molecular weight is 488 g/mol. The van der Waals surface area contributed by atoms with Crippen molar-refractivity contribution < 1.29 is 13.9 Å². The van der Waals surface area contributed by atoms with Crippen LogP contribution < -0.4 is 10.2 Å². The first kappa shape index (κ1) is 23.2. The normalized spacial score (nSPS) is 15.0. The number of hydrogen-bond acceptors (Lipinski definition) is 4. The van der Waals surface area contributed by atoms with E-state index in [-0.39, 0.29) is 23.6 Å². The van der Waals surface area contributed by atoms with Crippen LogP contribution in [0.25, 0.3) is 11.0 Å². The summed E-state index contributed by atoms with van der Waals surface area (Å²) in [6.45, 7) is 6.75. The van der Waals surface area contributed by atoms with Gasteiger partial charge in [0.1, 0.15) is 11.3 Å². The predicted octanol–water partition coefficient (Wildman–Crippen LogP) is 6.60. The molecular weight excluding hydrogens is 462 g/mol. The number of aryl methyl sites for hydroxylation is 2. The van der Waals surface area contributed by atoms with Crippen molar-refractivity contribution in [2.75, 3.05) is 6.61 Å². The van der Waals surface area contributed by atoms with E-state index in [1.54, 1.807) is 11.0 Å². The van der Waals surface area contributed by atoms with E-state index in [1.807, 2.05) is 68.4 Å². The van der Waals surface area contributed by atoms with E-state index < -0.39 is 6.04 Å². The van der Waals surface area contributed by atoms with Crippen LogP contribution in [0.15, 0.2) is 69.9 Å². The second-order valence-electron chi connectivity index (χ2n) is 8.97. The van der Waals surface area contributed by atoms with Gasteiger partial charge in [-0.2, -0.15) is 0 Å². The predicted molar refractivity (Wildman–Crippen MR) is 137 cm³/mol. The number of fused-ring (bicyclic) bond motifs is 2. The van der Waals surface area contributed by atoms with Crippen molar-refractivity contribution >= 4 is 28.5 Å². The number of hydrogen-bond donors (Lipinski definition) is 0. The third kappa shape index (κ3) is 4.10. The fourth-order valence-electron chi connectivity index (χ4n) is 4.80. The Balaban J connectivity index is 1.69. The average Bonchev–Trinajstić information content (AvgIpc) is 3.11. The Kier molecular flexibility index (Phi) is 6.12. The maximum Gasteiger partial charge on any atom is 0.291 e. The number of carbonyl (C=O) groups excluding carboxylic acids is 1. The van der Waals surface area contributed by atoms with Crippen LogP contribution in [0.3, 0.4) is 0 Å². The first-order valence-electron chi connectivity index (χ1n) is 11.7. The maximum absolute atomic E-state index is 13.9. The van der Waals surface area contributed by atoms with Gasteiger partial charge in [0.25, 0.3) is 5.91 Å². The molecule has 5 rings (SSSR count). The minimum absolute atomic E-state index is 0.0934. The molecule has 178 valence electrons. The molecule has 1 amide bonds. The number of ether oxygens (including phenoxy) is 1. The zero-order valence-electron chi connectivity index (χ0n) is 19.9. The van der Waals surface area contributed by atoms with Crippen molar-refractivity contribution in [3.05, 3.63) is 109 Å². The highest BCUT2D eigenvalue weighted by molar-refractivity contribution is 6.31. The summed E-state index contributed by atoms with van der Waals surface area (Å²) < 4.78 is 11.9.